The molecular weight excluding hydrogens is 276 g/mol. The number of ether oxygens (including phenoxy) is 1. The molecule has 0 saturated carbocycles. The smallest absolute Gasteiger partial charge is 0.165 e. The summed E-state index contributed by atoms with van der Waals surface area (Å²) in [6.07, 6.45) is 0. The van der Waals surface area contributed by atoms with Gasteiger partial charge in [-0.3, -0.25) is 0 Å². The molecule has 0 radical (unpaired) electrons. The fourth-order valence-corrected chi connectivity index (χ4v) is 7.05. The van der Waals surface area contributed by atoms with Crippen molar-refractivity contribution in [3.05, 3.63) is 29.8 Å². The third kappa shape index (κ3) is 3.02. The van der Waals surface area contributed by atoms with Gasteiger partial charge in [0.05, 0.1) is 18.6 Å². The van der Waals surface area contributed by atoms with E-state index >= 15 is 0 Å². The Balaban J connectivity index is 2.32. The van der Waals surface area contributed by atoms with Gasteiger partial charge in [0.1, 0.15) is 5.75 Å². The van der Waals surface area contributed by atoms with E-state index < -0.39 is 30.7 Å². The summed E-state index contributed by atoms with van der Waals surface area (Å²) in [6, 6.07) is 6.81. The topological polar surface area (TPSA) is 77.5 Å². The molecule has 0 spiro atoms. The quantitative estimate of drug-likeness (QED) is 0.796. The molecule has 1 aliphatic rings. The largest absolute Gasteiger partial charge is 0.497 e. The Morgan fingerprint density at radius 1 is 1.00 bits per heavy atom. The second-order valence-electron chi connectivity index (χ2n) is 4.41. The molecule has 7 heteroatoms. The Kier molecular flexibility index (Phi) is 3.37. The monoisotopic (exact) mass is 290 g/mol. The van der Waals surface area contributed by atoms with Gasteiger partial charge in [-0.15, -0.1) is 0 Å². The lowest BCUT2D eigenvalue weighted by Gasteiger charge is -2.22. The van der Waals surface area contributed by atoms with Crippen LogP contribution in [0.5, 0.6) is 5.75 Å². The summed E-state index contributed by atoms with van der Waals surface area (Å²) in [6.45, 7) is 0. The SMILES string of the molecule is COc1ccc(C2CS(=O)(=O)CS(=O)(=O)C2)cc1. The lowest BCUT2D eigenvalue weighted by atomic mass is 10.0. The second kappa shape index (κ2) is 4.55. The summed E-state index contributed by atoms with van der Waals surface area (Å²) in [5.74, 6) is -0.0585. The first-order valence-electron chi connectivity index (χ1n) is 5.36. The minimum absolute atomic E-state index is 0.113. The summed E-state index contributed by atoms with van der Waals surface area (Å²) < 4.78 is 51.3. The van der Waals surface area contributed by atoms with E-state index in [1.165, 1.54) is 7.11 Å². The van der Waals surface area contributed by atoms with Crippen molar-refractivity contribution in [2.45, 2.75) is 5.92 Å². The molecule has 1 fully saturated rings. The van der Waals surface area contributed by atoms with Gasteiger partial charge in [0, 0.05) is 5.92 Å². The number of hydrogen-bond acceptors (Lipinski definition) is 5. The van der Waals surface area contributed by atoms with Gasteiger partial charge in [-0.25, -0.2) is 16.8 Å². The first-order chi connectivity index (χ1) is 8.31. The minimum Gasteiger partial charge on any atom is -0.497 e. The van der Waals surface area contributed by atoms with Crippen LogP contribution in [0.15, 0.2) is 24.3 Å². The van der Waals surface area contributed by atoms with E-state index in [4.69, 9.17) is 4.74 Å². The van der Waals surface area contributed by atoms with Crippen LogP contribution in [0.25, 0.3) is 0 Å². The minimum atomic E-state index is -3.52. The highest BCUT2D eigenvalue weighted by molar-refractivity contribution is 8.08. The highest BCUT2D eigenvalue weighted by Crippen LogP contribution is 2.27. The van der Waals surface area contributed by atoms with Gasteiger partial charge < -0.3 is 4.74 Å². The lowest BCUT2D eigenvalue weighted by Crippen LogP contribution is -2.34. The predicted molar refractivity (Wildman–Crippen MR) is 68.2 cm³/mol. The van der Waals surface area contributed by atoms with E-state index in [2.05, 4.69) is 0 Å². The first-order valence-corrected chi connectivity index (χ1v) is 9.00. The molecule has 0 atom stereocenters. The summed E-state index contributed by atoms with van der Waals surface area (Å²) >= 11 is 0. The molecule has 1 aliphatic heterocycles. The maximum atomic E-state index is 11.6. The lowest BCUT2D eigenvalue weighted by molar-refractivity contribution is 0.414. The fraction of sp³-hybridized carbons (Fsp3) is 0.455. The normalized spacial score (nSPS) is 22.5. The standard InChI is InChI=1S/C11H14O5S2/c1-16-11-4-2-9(3-5-11)10-6-17(12,13)8-18(14,15)7-10/h2-5,10H,6-8H2,1H3. The van der Waals surface area contributed by atoms with Crippen molar-refractivity contribution in [2.75, 3.05) is 23.7 Å². The molecule has 100 valence electrons. The van der Waals surface area contributed by atoms with E-state index in [1.54, 1.807) is 24.3 Å². The van der Waals surface area contributed by atoms with Crippen molar-refractivity contribution in [3.63, 3.8) is 0 Å². The average Bonchev–Trinajstić information content (AvgIpc) is 2.25. The van der Waals surface area contributed by atoms with Gasteiger partial charge in [0.2, 0.25) is 0 Å². The summed E-state index contributed by atoms with van der Waals surface area (Å²) in [5.41, 5.74) is 0.711. The molecule has 1 aromatic carbocycles. The molecule has 0 aromatic heterocycles. The molecule has 2 rings (SSSR count). The summed E-state index contributed by atoms with van der Waals surface area (Å²) in [7, 11) is -5.51. The van der Waals surface area contributed by atoms with Crippen molar-refractivity contribution in [1.29, 1.82) is 0 Å². The fourth-order valence-electron chi connectivity index (χ4n) is 2.10. The van der Waals surface area contributed by atoms with Crippen LogP contribution in [0, 0.1) is 0 Å². The van der Waals surface area contributed by atoms with E-state index in [-0.39, 0.29) is 11.5 Å². The van der Waals surface area contributed by atoms with E-state index in [0.717, 1.165) is 0 Å². The molecule has 18 heavy (non-hydrogen) atoms. The predicted octanol–water partition coefficient (Wildman–Crippen LogP) is 0.579. The average molecular weight is 290 g/mol. The van der Waals surface area contributed by atoms with Crippen LogP contribution in [-0.4, -0.2) is 40.5 Å². The maximum absolute atomic E-state index is 11.6. The number of benzene rings is 1. The van der Waals surface area contributed by atoms with Gasteiger partial charge in [0.25, 0.3) is 0 Å². The van der Waals surface area contributed by atoms with E-state index in [1.807, 2.05) is 0 Å². The molecular formula is C11H14O5S2. The molecule has 0 aliphatic carbocycles. The Morgan fingerprint density at radius 3 is 1.94 bits per heavy atom. The zero-order valence-corrected chi connectivity index (χ0v) is 11.5. The second-order valence-corrected chi connectivity index (χ2v) is 8.99. The van der Waals surface area contributed by atoms with Crippen LogP contribution >= 0.6 is 0 Å². The van der Waals surface area contributed by atoms with Crippen LogP contribution in [0.2, 0.25) is 0 Å². The van der Waals surface area contributed by atoms with Crippen LogP contribution in [0.1, 0.15) is 11.5 Å². The Morgan fingerprint density at radius 2 is 1.50 bits per heavy atom. The van der Waals surface area contributed by atoms with Crippen molar-refractivity contribution >= 4 is 19.7 Å². The molecule has 0 unspecified atom stereocenters. The van der Waals surface area contributed by atoms with Crippen molar-refractivity contribution < 1.29 is 21.6 Å². The van der Waals surface area contributed by atoms with Gasteiger partial charge >= 0.3 is 0 Å². The number of hydrogen-bond donors (Lipinski definition) is 0. The number of methoxy groups -OCH3 is 1. The summed E-state index contributed by atoms with van der Waals surface area (Å²) in [4.78, 5) is 0. The zero-order valence-electron chi connectivity index (χ0n) is 9.87. The Hall–Kier alpha value is -1.08. The Bertz CT molecular complexity index is 595. The number of rotatable bonds is 2. The van der Waals surface area contributed by atoms with E-state index in [0.29, 0.717) is 11.3 Å². The summed E-state index contributed by atoms with van der Waals surface area (Å²) in [5, 5.41) is -0.730. The van der Waals surface area contributed by atoms with Gasteiger partial charge in [0.15, 0.2) is 24.8 Å². The van der Waals surface area contributed by atoms with Crippen LogP contribution in [-0.2, 0) is 19.7 Å². The van der Waals surface area contributed by atoms with Crippen LogP contribution in [0.4, 0.5) is 0 Å². The van der Waals surface area contributed by atoms with Gasteiger partial charge in [-0.05, 0) is 17.7 Å². The van der Waals surface area contributed by atoms with Crippen molar-refractivity contribution in [2.24, 2.45) is 0 Å². The molecule has 1 saturated heterocycles. The molecule has 5 nitrogen and oxygen atoms in total. The molecule has 1 aromatic rings. The number of sulfone groups is 2. The van der Waals surface area contributed by atoms with Crippen LogP contribution in [0.3, 0.4) is 0 Å². The zero-order chi connectivity index (χ0) is 13.4. The molecule has 0 N–H and O–H groups in total. The molecule has 1 heterocycles. The Labute approximate surface area is 107 Å². The van der Waals surface area contributed by atoms with Crippen molar-refractivity contribution in [3.8, 4) is 5.75 Å². The van der Waals surface area contributed by atoms with Crippen molar-refractivity contribution in [1.82, 2.24) is 0 Å². The highest BCUT2D eigenvalue weighted by atomic mass is 32.3. The first kappa shape index (κ1) is 13.4. The van der Waals surface area contributed by atoms with Gasteiger partial charge in [-0.2, -0.15) is 0 Å². The van der Waals surface area contributed by atoms with Gasteiger partial charge in [-0.1, -0.05) is 12.1 Å². The molecule has 0 amide bonds. The van der Waals surface area contributed by atoms with E-state index in [9.17, 15) is 16.8 Å². The van der Waals surface area contributed by atoms with Crippen LogP contribution < -0.4 is 4.74 Å². The third-order valence-corrected chi connectivity index (χ3v) is 7.55. The molecule has 0 bridgehead atoms. The maximum Gasteiger partial charge on any atom is 0.165 e. The highest BCUT2D eigenvalue weighted by Gasteiger charge is 2.35. The third-order valence-electron chi connectivity index (χ3n) is 2.86.